The first kappa shape index (κ1) is 20.0. The Labute approximate surface area is 163 Å². The Bertz CT molecular complexity index is 1100. The quantitative estimate of drug-likeness (QED) is 0.703. The smallest absolute Gasteiger partial charge is 0.244 e. The number of hydrogen-bond donors (Lipinski definition) is 1. The lowest BCUT2D eigenvalue weighted by molar-refractivity contribution is -0.116. The highest BCUT2D eigenvalue weighted by molar-refractivity contribution is 7.89. The summed E-state index contributed by atoms with van der Waals surface area (Å²) in [7, 11) is -2.45. The molecule has 0 aliphatic heterocycles. The first-order valence-corrected chi connectivity index (χ1v) is 10.1. The highest BCUT2D eigenvalue weighted by Crippen LogP contribution is 2.27. The number of carbonyl (C=O) groups excluding carboxylic acids is 1. The number of benzene rings is 1. The van der Waals surface area contributed by atoms with Crippen molar-refractivity contribution in [3.8, 4) is 0 Å². The summed E-state index contributed by atoms with van der Waals surface area (Å²) < 4.78 is 31.7. The van der Waals surface area contributed by atoms with Crippen LogP contribution in [0.3, 0.4) is 0 Å². The summed E-state index contributed by atoms with van der Waals surface area (Å²) in [6, 6.07) is 8.07. The number of pyridine rings is 1. The maximum absolute atomic E-state index is 12.5. The van der Waals surface area contributed by atoms with Crippen LogP contribution in [-0.2, 0) is 20.2 Å². The zero-order valence-corrected chi connectivity index (χ0v) is 16.9. The van der Waals surface area contributed by atoms with Crippen molar-refractivity contribution in [2.75, 3.05) is 18.9 Å². The summed E-state index contributed by atoms with van der Waals surface area (Å²) in [5.74, 6) is 0.141. The van der Waals surface area contributed by atoms with Gasteiger partial charge in [0.1, 0.15) is 10.4 Å². The molecule has 3 aromatic rings. The lowest BCUT2D eigenvalue weighted by atomic mass is 9.97. The molecule has 0 fully saturated rings. The van der Waals surface area contributed by atoms with E-state index < -0.39 is 15.9 Å². The Balaban J connectivity index is 1.72. The van der Waals surface area contributed by atoms with Crippen LogP contribution in [0.1, 0.15) is 26.7 Å². The van der Waals surface area contributed by atoms with Gasteiger partial charge in [-0.3, -0.25) is 9.78 Å². The molecule has 0 saturated heterocycles. The predicted octanol–water partition coefficient (Wildman–Crippen LogP) is 2.78. The fourth-order valence-corrected chi connectivity index (χ4v) is 3.59. The van der Waals surface area contributed by atoms with Crippen molar-refractivity contribution in [1.29, 1.82) is 0 Å². The van der Waals surface area contributed by atoms with Gasteiger partial charge in [0.2, 0.25) is 21.8 Å². The van der Waals surface area contributed by atoms with Crippen LogP contribution >= 0.6 is 0 Å². The SMILES string of the molecule is CN(CC(=O)Nc1ccc2oc(C(C)(C)C)nc2c1)S(=O)(=O)c1cccnc1. The number of nitrogens with one attached hydrogen (secondary N) is 1. The van der Waals surface area contributed by atoms with E-state index in [0.29, 0.717) is 22.7 Å². The molecule has 0 saturated carbocycles. The van der Waals surface area contributed by atoms with Gasteiger partial charge < -0.3 is 9.73 Å². The maximum Gasteiger partial charge on any atom is 0.244 e. The van der Waals surface area contributed by atoms with Crippen LogP contribution in [0.4, 0.5) is 5.69 Å². The second-order valence-electron chi connectivity index (χ2n) is 7.45. The van der Waals surface area contributed by atoms with Gasteiger partial charge >= 0.3 is 0 Å². The van der Waals surface area contributed by atoms with Gasteiger partial charge in [0.15, 0.2) is 5.58 Å². The molecule has 0 radical (unpaired) electrons. The molecule has 148 valence electrons. The predicted molar refractivity (Wildman–Crippen MR) is 105 cm³/mol. The zero-order valence-electron chi connectivity index (χ0n) is 16.1. The molecule has 1 amide bonds. The zero-order chi connectivity index (χ0) is 20.5. The van der Waals surface area contributed by atoms with Crippen LogP contribution in [0.15, 0.2) is 52.0 Å². The first-order chi connectivity index (χ1) is 13.1. The molecule has 3 rings (SSSR count). The van der Waals surface area contributed by atoms with Crippen LogP contribution in [0.5, 0.6) is 0 Å². The largest absolute Gasteiger partial charge is 0.440 e. The molecule has 0 atom stereocenters. The fourth-order valence-electron chi connectivity index (χ4n) is 2.49. The second kappa shape index (κ2) is 7.33. The van der Waals surface area contributed by atoms with Gasteiger partial charge in [0.05, 0.1) is 6.54 Å². The van der Waals surface area contributed by atoms with Gasteiger partial charge in [0.25, 0.3) is 0 Å². The van der Waals surface area contributed by atoms with Gasteiger partial charge in [-0.2, -0.15) is 4.31 Å². The number of anilines is 1. The standard InChI is InChI=1S/C19H22N4O4S/c1-19(2,3)18-22-15-10-13(7-8-16(15)27-18)21-17(24)12-23(4)28(25,26)14-6-5-9-20-11-14/h5-11H,12H2,1-4H3,(H,21,24). The summed E-state index contributed by atoms with van der Waals surface area (Å²) in [6.07, 6.45) is 2.73. The lowest BCUT2D eigenvalue weighted by Crippen LogP contribution is -2.35. The number of amides is 1. The molecule has 28 heavy (non-hydrogen) atoms. The van der Waals surface area contributed by atoms with E-state index in [-0.39, 0.29) is 16.9 Å². The molecular formula is C19H22N4O4S. The van der Waals surface area contributed by atoms with E-state index in [9.17, 15) is 13.2 Å². The Morgan fingerprint density at radius 3 is 2.64 bits per heavy atom. The molecule has 1 aromatic carbocycles. The van der Waals surface area contributed by atoms with Crippen molar-refractivity contribution >= 4 is 32.7 Å². The maximum atomic E-state index is 12.5. The summed E-state index contributed by atoms with van der Waals surface area (Å²) in [6.45, 7) is 5.66. The number of carbonyl (C=O) groups is 1. The van der Waals surface area contributed by atoms with Crippen molar-refractivity contribution in [3.05, 3.63) is 48.6 Å². The van der Waals surface area contributed by atoms with E-state index >= 15 is 0 Å². The van der Waals surface area contributed by atoms with Crippen molar-refractivity contribution in [3.63, 3.8) is 0 Å². The third-order valence-electron chi connectivity index (χ3n) is 4.02. The molecule has 0 aliphatic rings. The van der Waals surface area contributed by atoms with E-state index in [2.05, 4.69) is 15.3 Å². The molecule has 0 bridgehead atoms. The van der Waals surface area contributed by atoms with Crippen LogP contribution in [0.25, 0.3) is 11.1 Å². The molecule has 0 spiro atoms. The van der Waals surface area contributed by atoms with E-state index in [4.69, 9.17) is 4.42 Å². The number of oxazole rings is 1. The van der Waals surface area contributed by atoms with Gasteiger partial charge in [-0.25, -0.2) is 13.4 Å². The molecule has 0 aliphatic carbocycles. The van der Waals surface area contributed by atoms with Crippen molar-refractivity contribution in [1.82, 2.24) is 14.3 Å². The first-order valence-electron chi connectivity index (χ1n) is 8.65. The summed E-state index contributed by atoms with van der Waals surface area (Å²) in [4.78, 5) is 20.6. The van der Waals surface area contributed by atoms with E-state index in [1.807, 2.05) is 20.8 Å². The summed E-state index contributed by atoms with van der Waals surface area (Å²) in [5.41, 5.74) is 1.53. The van der Waals surface area contributed by atoms with Crippen molar-refractivity contribution in [2.45, 2.75) is 31.1 Å². The third kappa shape index (κ3) is 4.20. The number of likely N-dealkylation sites (N-methyl/N-ethyl adjacent to an activating group) is 1. The monoisotopic (exact) mass is 402 g/mol. The molecule has 2 heterocycles. The Hall–Kier alpha value is -2.78. The minimum atomic E-state index is -3.79. The number of rotatable bonds is 5. The minimum Gasteiger partial charge on any atom is -0.440 e. The normalized spacial score (nSPS) is 12.5. The number of sulfonamides is 1. The van der Waals surface area contributed by atoms with Crippen LogP contribution in [0, 0.1) is 0 Å². The summed E-state index contributed by atoms with van der Waals surface area (Å²) in [5, 5.41) is 2.69. The van der Waals surface area contributed by atoms with Gasteiger partial charge in [-0.1, -0.05) is 20.8 Å². The Morgan fingerprint density at radius 1 is 1.25 bits per heavy atom. The average molecular weight is 402 g/mol. The topological polar surface area (TPSA) is 105 Å². The van der Waals surface area contributed by atoms with Crippen LogP contribution in [-0.4, -0.2) is 42.2 Å². The average Bonchev–Trinajstić information content (AvgIpc) is 3.06. The van der Waals surface area contributed by atoms with E-state index in [1.54, 1.807) is 18.2 Å². The molecule has 8 nitrogen and oxygen atoms in total. The van der Waals surface area contributed by atoms with E-state index in [1.165, 1.54) is 31.6 Å². The number of fused-ring (bicyclic) bond motifs is 1. The van der Waals surface area contributed by atoms with Gasteiger partial charge in [0, 0.05) is 30.5 Å². The minimum absolute atomic E-state index is 0.0315. The van der Waals surface area contributed by atoms with Crippen LogP contribution in [0.2, 0.25) is 0 Å². The lowest BCUT2D eigenvalue weighted by Gasteiger charge is -2.16. The molecule has 0 unspecified atom stereocenters. The highest BCUT2D eigenvalue weighted by Gasteiger charge is 2.24. The van der Waals surface area contributed by atoms with E-state index in [0.717, 1.165) is 4.31 Å². The third-order valence-corrected chi connectivity index (χ3v) is 5.81. The van der Waals surface area contributed by atoms with Gasteiger partial charge in [-0.15, -0.1) is 0 Å². The fraction of sp³-hybridized carbons (Fsp3) is 0.316. The Kier molecular flexibility index (Phi) is 5.22. The number of aromatic nitrogens is 2. The molecule has 1 N–H and O–H groups in total. The summed E-state index contributed by atoms with van der Waals surface area (Å²) >= 11 is 0. The molecule has 2 aromatic heterocycles. The van der Waals surface area contributed by atoms with Gasteiger partial charge in [-0.05, 0) is 30.3 Å². The molecular weight excluding hydrogens is 380 g/mol. The molecule has 9 heteroatoms. The van der Waals surface area contributed by atoms with Crippen molar-refractivity contribution in [2.24, 2.45) is 0 Å². The van der Waals surface area contributed by atoms with Crippen molar-refractivity contribution < 1.29 is 17.6 Å². The Morgan fingerprint density at radius 2 is 2.00 bits per heavy atom. The van der Waals surface area contributed by atoms with Crippen LogP contribution < -0.4 is 5.32 Å². The number of nitrogens with zero attached hydrogens (tertiary/aromatic N) is 3. The number of hydrogen-bond acceptors (Lipinski definition) is 6. The second-order valence-corrected chi connectivity index (χ2v) is 9.49. The highest BCUT2D eigenvalue weighted by atomic mass is 32.2.